The van der Waals surface area contributed by atoms with Gasteiger partial charge in [-0.25, -0.2) is 14.8 Å². The van der Waals surface area contributed by atoms with Crippen molar-refractivity contribution in [1.29, 1.82) is 0 Å². The van der Waals surface area contributed by atoms with E-state index < -0.39 is 0 Å². The fourth-order valence-corrected chi connectivity index (χ4v) is 3.37. The highest BCUT2D eigenvalue weighted by atomic mass is 32.1. The standard InChI is InChI=1S/C16H21N5OS/c1-2-15-19-13(11-23-15)9-18-16(22)20-12-6-8-21(10-12)14-5-3-4-7-17-14/h3-5,7,11-12H,2,6,8-10H2,1H3,(H2,18,20,22)/t12-/m0/s1. The maximum absolute atomic E-state index is 12.0. The molecule has 1 aliphatic heterocycles. The molecule has 0 aromatic carbocycles. The third kappa shape index (κ3) is 4.19. The second-order valence-electron chi connectivity index (χ2n) is 5.53. The van der Waals surface area contributed by atoms with E-state index in [1.54, 1.807) is 17.5 Å². The Morgan fingerprint density at radius 1 is 1.48 bits per heavy atom. The molecule has 0 aliphatic carbocycles. The number of hydrogen-bond acceptors (Lipinski definition) is 5. The molecule has 2 amide bonds. The van der Waals surface area contributed by atoms with Crippen molar-refractivity contribution in [2.75, 3.05) is 18.0 Å². The van der Waals surface area contributed by atoms with E-state index in [4.69, 9.17) is 0 Å². The lowest BCUT2D eigenvalue weighted by Crippen LogP contribution is -2.43. The summed E-state index contributed by atoms with van der Waals surface area (Å²) in [5, 5.41) is 9.00. The zero-order valence-electron chi connectivity index (χ0n) is 13.2. The molecule has 2 aromatic rings. The van der Waals surface area contributed by atoms with Crippen molar-refractivity contribution in [1.82, 2.24) is 20.6 Å². The van der Waals surface area contributed by atoms with E-state index in [1.807, 2.05) is 23.6 Å². The van der Waals surface area contributed by atoms with Crippen LogP contribution in [0.15, 0.2) is 29.8 Å². The Morgan fingerprint density at radius 3 is 3.13 bits per heavy atom. The molecule has 122 valence electrons. The fourth-order valence-electron chi connectivity index (χ4n) is 2.63. The molecule has 2 aromatic heterocycles. The molecule has 1 saturated heterocycles. The van der Waals surface area contributed by atoms with Gasteiger partial charge in [0.2, 0.25) is 0 Å². The van der Waals surface area contributed by atoms with Gasteiger partial charge in [-0.1, -0.05) is 13.0 Å². The number of hydrogen-bond donors (Lipinski definition) is 2. The van der Waals surface area contributed by atoms with Crippen LogP contribution in [0.2, 0.25) is 0 Å². The SMILES string of the molecule is CCc1nc(CNC(=O)N[C@H]2CCN(c3ccccn3)C2)cs1. The van der Waals surface area contributed by atoms with Gasteiger partial charge in [-0.05, 0) is 25.0 Å². The van der Waals surface area contributed by atoms with E-state index in [0.29, 0.717) is 6.54 Å². The first kappa shape index (κ1) is 15.7. The number of anilines is 1. The molecule has 6 nitrogen and oxygen atoms in total. The minimum Gasteiger partial charge on any atom is -0.354 e. The first-order valence-electron chi connectivity index (χ1n) is 7.88. The summed E-state index contributed by atoms with van der Waals surface area (Å²) < 4.78 is 0. The van der Waals surface area contributed by atoms with E-state index in [9.17, 15) is 4.79 Å². The maximum atomic E-state index is 12.0. The number of rotatable bonds is 5. The Morgan fingerprint density at radius 2 is 2.39 bits per heavy atom. The van der Waals surface area contributed by atoms with Crippen LogP contribution < -0.4 is 15.5 Å². The fraction of sp³-hybridized carbons (Fsp3) is 0.438. The molecular formula is C16H21N5OS. The molecule has 1 atom stereocenters. The number of carbonyl (C=O) groups excluding carboxylic acids is 1. The highest BCUT2D eigenvalue weighted by molar-refractivity contribution is 7.09. The van der Waals surface area contributed by atoms with E-state index in [2.05, 4.69) is 32.4 Å². The van der Waals surface area contributed by atoms with Gasteiger partial charge in [0.1, 0.15) is 5.82 Å². The Labute approximate surface area is 140 Å². The highest BCUT2D eigenvalue weighted by Crippen LogP contribution is 2.17. The molecule has 0 radical (unpaired) electrons. The van der Waals surface area contributed by atoms with Crippen molar-refractivity contribution in [2.45, 2.75) is 32.4 Å². The average molecular weight is 331 g/mol. The van der Waals surface area contributed by atoms with Crippen LogP contribution in [0.4, 0.5) is 10.6 Å². The number of nitrogens with zero attached hydrogens (tertiary/aromatic N) is 3. The minimum atomic E-state index is -0.135. The Hall–Kier alpha value is -2.15. The monoisotopic (exact) mass is 331 g/mol. The predicted molar refractivity (Wildman–Crippen MR) is 91.7 cm³/mol. The number of aryl methyl sites for hydroxylation is 1. The molecule has 2 N–H and O–H groups in total. The van der Waals surface area contributed by atoms with E-state index in [1.165, 1.54) is 0 Å². The largest absolute Gasteiger partial charge is 0.354 e. The predicted octanol–water partition coefficient (Wildman–Crippen LogP) is 2.18. The number of carbonyl (C=O) groups is 1. The quantitative estimate of drug-likeness (QED) is 0.881. The van der Waals surface area contributed by atoms with Crippen molar-refractivity contribution in [2.24, 2.45) is 0 Å². The molecule has 0 spiro atoms. The number of nitrogens with one attached hydrogen (secondary N) is 2. The van der Waals surface area contributed by atoms with Crippen molar-refractivity contribution in [3.8, 4) is 0 Å². The summed E-state index contributed by atoms with van der Waals surface area (Å²) in [4.78, 5) is 23.0. The third-order valence-electron chi connectivity index (χ3n) is 3.83. The summed E-state index contributed by atoms with van der Waals surface area (Å²) in [6, 6.07) is 5.90. The normalized spacial score (nSPS) is 17.3. The topological polar surface area (TPSA) is 70.2 Å². The molecule has 1 aliphatic rings. The molecule has 0 unspecified atom stereocenters. The number of urea groups is 1. The van der Waals surface area contributed by atoms with Gasteiger partial charge in [-0.3, -0.25) is 0 Å². The van der Waals surface area contributed by atoms with Crippen molar-refractivity contribution in [3.05, 3.63) is 40.5 Å². The molecule has 0 bridgehead atoms. The van der Waals surface area contributed by atoms with Gasteiger partial charge < -0.3 is 15.5 Å². The summed E-state index contributed by atoms with van der Waals surface area (Å²) in [7, 11) is 0. The van der Waals surface area contributed by atoms with Gasteiger partial charge in [0.15, 0.2) is 0 Å². The van der Waals surface area contributed by atoms with Gasteiger partial charge in [0, 0.05) is 30.7 Å². The van der Waals surface area contributed by atoms with Crippen LogP contribution in [0.25, 0.3) is 0 Å². The summed E-state index contributed by atoms with van der Waals surface area (Å²) in [5.41, 5.74) is 0.920. The molecule has 1 fully saturated rings. The summed E-state index contributed by atoms with van der Waals surface area (Å²) >= 11 is 1.64. The molecular weight excluding hydrogens is 310 g/mol. The van der Waals surface area contributed by atoms with Crippen LogP contribution >= 0.6 is 11.3 Å². The number of pyridine rings is 1. The van der Waals surface area contributed by atoms with Crippen LogP contribution in [0.5, 0.6) is 0 Å². The third-order valence-corrected chi connectivity index (χ3v) is 4.87. The van der Waals surface area contributed by atoms with Crippen LogP contribution in [-0.4, -0.2) is 35.1 Å². The van der Waals surface area contributed by atoms with Crippen molar-refractivity contribution < 1.29 is 4.79 Å². The number of aromatic nitrogens is 2. The average Bonchev–Trinajstić information content (AvgIpc) is 3.23. The molecule has 3 rings (SSSR count). The Balaban J connectivity index is 1.44. The Bertz CT molecular complexity index is 645. The zero-order chi connectivity index (χ0) is 16.1. The molecule has 3 heterocycles. The van der Waals surface area contributed by atoms with Gasteiger partial charge >= 0.3 is 6.03 Å². The highest BCUT2D eigenvalue weighted by Gasteiger charge is 2.24. The van der Waals surface area contributed by atoms with Gasteiger partial charge in [0.05, 0.1) is 17.2 Å². The van der Waals surface area contributed by atoms with E-state index >= 15 is 0 Å². The second kappa shape index (κ2) is 7.41. The van der Waals surface area contributed by atoms with Gasteiger partial charge in [-0.15, -0.1) is 11.3 Å². The second-order valence-corrected chi connectivity index (χ2v) is 6.48. The summed E-state index contributed by atoms with van der Waals surface area (Å²) in [6.45, 7) is 4.25. The minimum absolute atomic E-state index is 0.135. The van der Waals surface area contributed by atoms with Crippen LogP contribution in [0.3, 0.4) is 0 Å². The number of thiazole rings is 1. The van der Waals surface area contributed by atoms with Crippen molar-refractivity contribution >= 4 is 23.2 Å². The molecule has 7 heteroatoms. The lowest BCUT2D eigenvalue weighted by Gasteiger charge is -2.17. The lowest BCUT2D eigenvalue weighted by molar-refractivity contribution is 0.237. The molecule has 23 heavy (non-hydrogen) atoms. The zero-order valence-corrected chi connectivity index (χ0v) is 14.0. The van der Waals surface area contributed by atoms with Crippen LogP contribution in [0, 0.1) is 0 Å². The molecule has 0 saturated carbocycles. The van der Waals surface area contributed by atoms with Gasteiger partial charge in [0.25, 0.3) is 0 Å². The first-order valence-corrected chi connectivity index (χ1v) is 8.76. The van der Waals surface area contributed by atoms with E-state index in [0.717, 1.165) is 42.5 Å². The van der Waals surface area contributed by atoms with Crippen LogP contribution in [-0.2, 0) is 13.0 Å². The Kier molecular flexibility index (Phi) is 5.07. The summed E-state index contributed by atoms with van der Waals surface area (Å²) in [6.07, 6.45) is 3.66. The lowest BCUT2D eigenvalue weighted by atomic mass is 10.3. The number of amides is 2. The van der Waals surface area contributed by atoms with E-state index in [-0.39, 0.29) is 12.1 Å². The van der Waals surface area contributed by atoms with Crippen LogP contribution in [0.1, 0.15) is 24.0 Å². The van der Waals surface area contributed by atoms with Crippen molar-refractivity contribution in [3.63, 3.8) is 0 Å². The smallest absolute Gasteiger partial charge is 0.315 e. The first-order chi connectivity index (χ1) is 11.2. The summed E-state index contributed by atoms with van der Waals surface area (Å²) in [5.74, 6) is 0.965. The van der Waals surface area contributed by atoms with Gasteiger partial charge in [-0.2, -0.15) is 0 Å². The maximum Gasteiger partial charge on any atom is 0.315 e.